The Balaban J connectivity index is 1.89. The van der Waals surface area contributed by atoms with E-state index in [1.54, 1.807) is 6.07 Å². The number of carbonyl (C=O) groups excluding carboxylic acids is 2. The van der Waals surface area contributed by atoms with Gasteiger partial charge in [0.1, 0.15) is 12.1 Å². The van der Waals surface area contributed by atoms with Crippen molar-refractivity contribution in [3.8, 4) is 0 Å². The van der Waals surface area contributed by atoms with Crippen molar-refractivity contribution in [2.24, 2.45) is 0 Å². The molecule has 18 heavy (non-hydrogen) atoms. The maximum Gasteiger partial charge on any atom is 0.290 e. The van der Waals surface area contributed by atoms with E-state index in [0.29, 0.717) is 18.7 Å². The van der Waals surface area contributed by atoms with Crippen molar-refractivity contribution in [3.63, 3.8) is 0 Å². The van der Waals surface area contributed by atoms with Crippen LogP contribution in [0.15, 0.2) is 34.7 Å². The molecule has 0 atom stereocenters. The van der Waals surface area contributed by atoms with Gasteiger partial charge in [0.25, 0.3) is 5.91 Å². The van der Waals surface area contributed by atoms with Gasteiger partial charge in [-0.2, -0.15) is 0 Å². The van der Waals surface area contributed by atoms with Crippen molar-refractivity contribution >= 4 is 22.8 Å². The molecule has 1 aromatic carbocycles. The molecule has 0 unspecified atom stereocenters. The lowest BCUT2D eigenvalue weighted by Gasteiger charge is -2.25. The number of amides is 2. The van der Waals surface area contributed by atoms with Crippen LogP contribution in [-0.2, 0) is 4.79 Å². The number of fused-ring (bicyclic) bond motifs is 1. The molecule has 0 radical (unpaired) electrons. The van der Waals surface area contributed by atoms with Crippen LogP contribution >= 0.6 is 0 Å². The molecule has 0 saturated carbocycles. The molecule has 2 aromatic rings. The number of nitrogens with one attached hydrogen (secondary N) is 1. The van der Waals surface area contributed by atoms with Crippen LogP contribution in [0, 0.1) is 0 Å². The summed E-state index contributed by atoms with van der Waals surface area (Å²) in [6, 6.07) is 9.16. The van der Waals surface area contributed by atoms with E-state index in [4.69, 9.17) is 4.42 Å². The van der Waals surface area contributed by atoms with E-state index in [-0.39, 0.29) is 24.1 Å². The number of benzene rings is 1. The first kappa shape index (κ1) is 10.8. The van der Waals surface area contributed by atoms with Crippen molar-refractivity contribution < 1.29 is 14.0 Å². The largest absolute Gasteiger partial charge is 0.451 e. The second-order valence-corrected chi connectivity index (χ2v) is 4.23. The Morgan fingerprint density at radius 1 is 1.33 bits per heavy atom. The van der Waals surface area contributed by atoms with Crippen LogP contribution in [0.1, 0.15) is 10.6 Å². The number of nitrogens with zero attached hydrogens (tertiary/aromatic N) is 1. The molecule has 2 heterocycles. The first-order chi connectivity index (χ1) is 8.74. The molecule has 0 spiro atoms. The van der Waals surface area contributed by atoms with Gasteiger partial charge in [0.05, 0.1) is 0 Å². The van der Waals surface area contributed by atoms with Gasteiger partial charge in [-0.1, -0.05) is 18.2 Å². The van der Waals surface area contributed by atoms with Gasteiger partial charge in [0, 0.05) is 18.5 Å². The zero-order chi connectivity index (χ0) is 12.5. The van der Waals surface area contributed by atoms with E-state index < -0.39 is 0 Å². The van der Waals surface area contributed by atoms with E-state index in [1.807, 2.05) is 24.3 Å². The Morgan fingerprint density at radius 2 is 2.17 bits per heavy atom. The Bertz CT molecular complexity index is 584. The highest BCUT2D eigenvalue weighted by molar-refractivity contribution is 5.98. The smallest absolute Gasteiger partial charge is 0.290 e. The van der Waals surface area contributed by atoms with Crippen LogP contribution in [0.3, 0.4) is 0 Å². The highest BCUT2D eigenvalue weighted by Crippen LogP contribution is 2.20. The van der Waals surface area contributed by atoms with E-state index in [0.717, 1.165) is 5.39 Å². The fraction of sp³-hybridized carbons (Fsp3) is 0.231. The molecule has 92 valence electrons. The van der Waals surface area contributed by atoms with Gasteiger partial charge in [0.15, 0.2) is 5.76 Å². The SMILES string of the molecule is O=C1CN(C(=O)c2cc3ccccc3o2)CCN1. The van der Waals surface area contributed by atoms with Crippen molar-refractivity contribution in [2.45, 2.75) is 0 Å². The van der Waals surface area contributed by atoms with Gasteiger partial charge in [-0.3, -0.25) is 9.59 Å². The molecule has 1 aliphatic rings. The number of furan rings is 1. The number of para-hydroxylation sites is 1. The summed E-state index contributed by atoms with van der Waals surface area (Å²) in [4.78, 5) is 24.9. The maximum atomic E-state index is 12.2. The summed E-state index contributed by atoms with van der Waals surface area (Å²) in [5, 5.41) is 3.57. The van der Waals surface area contributed by atoms with Gasteiger partial charge in [-0.25, -0.2) is 0 Å². The number of hydrogen-bond acceptors (Lipinski definition) is 3. The third-order valence-electron chi connectivity index (χ3n) is 2.96. The standard InChI is InChI=1S/C13H12N2O3/c16-12-8-15(6-5-14-12)13(17)11-7-9-3-1-2-4-10(9)18-11/h1-4,7H,5-6,8H2,(H,14,16). The lowest BCUT2D eigenvalue weighted by atomic mass is 10.2. The van der Waals surface area contributed by atoms with E-state index in [9.17, 15) is 9.59 Å². The zero-order valence-electron chi connectivity index (χ0n) is 9.68. The summed E-state index contributed by atoms with van der Waals surface area (Å²) in [6.07, 6.45) is 0. The van der Waals surface area contributed by atoms with Gasteiger partial charge in [0.2, 0.25) is 5.91 Å². The summed E-state index contributed by atoms with van der Waals surface area (Å²) in [5.41, 5.74) is 0.683. The third-order valence-corrected chi connectivity index (χ3v) is 2.96. The Hall–Kier alpha value is -2.30. The molecule has 2 amide bonds. The summed E-state index contributed by atoms with van der Waals surface area (Å²) >= 11 is 0. The molecule has 0 aliphatic carbocycles. The highest BCUT2D eigenvalue weighted by atomic mass is 16.3. The minimum atomic E-state index is -0.235. The van der Waals surface area contributed by atoms with Crippen molar-refractivity contribution in [1.29, 1.82) is 0 Å². The van der Waals surface area contributed by atoms with Crippen LogP contribution in [0.2, 0.25) is 0 Å². The average Bonchev–Trinajstić information content (AvgIpc) is 2.81. The number of rotatable bonds is 1. The first-order valence-electron chi connectivity index (χ1n) is 5.78. The predicted molar refractivity (Wildman–Crippen MR) is 65.1 cm³/mol. The molecular weight excluding hydrogens is 232 g/mol. The lowest BCUT2D eigenvalue weighted by molar-refractivity contribution is -0.123. The molecule has 1 aliphatic heterocycles. The molecule has 1 N–H and O–H groups in total. The van der Waals surface area contributed by atoms with Crippen molar-refractivity contribution in [1.82, 2.24) is 10.2 Å². The van der Waals surface area contributed by atoms with Crippen molar-refractivity contribution in [3.05, 3.63) is 36.1 Å². The minimum Gasteiger partial charge on any atom is -0.451 e. The highest BCUT2D eigenvalue weighted by Gasteiger charge is 2.24. The normalized spacial score (nSPS) is 15.8. The second kappa shape index (κ2) is 4.18. The minimum absolute atomic E-state index is 0.0931. The summed E-state index contributed by atoms with van der Waals surface area (Å²) in [7, 11) is 0. The maximum absolute atomic E-state index is 12.2. The van der Waals surface area contributed by atoms with Crippen LogP contribution in [-0.4, -0.2) is 36.3 Å². The van der Waals surface area contributed by atoms with Gasteiger partial charge in [-0.05, 0) is 12.1 Å². The monoisotopic (exact) mass is 244 g/mol. The molecule has 5 nitrogen and oxygen atoms in total. The Kier molecular flexibility index (Phi) is 2.51. The zero-order valence-corrected chi connectivity index (χ0v) is 9.68. The summed E-state index contributed by atoms with van der Waals surface area (Å²) in [5.74, 6) is -0.0855. The molecule has 1 saturated heterocycles. The molecule has 0 bridgehead atoms. The Labute approximate surface area is 103 Å². The molecular formula is C13H12N2O3. The van der Waals surface area contributed by atoms with Gasteiger partial charge < -0.3 is 14.6 Å². The van der Waals surface area contributed by atoms with Gasteiger partial charge >= 0.3 is 0 Å². The summed E-state index contributed by atoms with van der Waals surface area (Å²) in [6.45, 7) is 1.10. The van der Waals surface area contributed by atoms with Crippen LogP contribution in [0.4, 0.5) is 0 Å². The van der Waals surface area contributed by atoms with Crippen LogP contribution in [0.25, 0.3) is 11.0 Å². The molecule has 1 aromatic heterocycles. The van der Waals surface area contributed by atoms with Crippen LogP contribution in [0.5, 0.6) is 0 Å². The fourth-order valence-corrected chi connectivity index (χ4v) is 2.06. The number of carbonyl (C=O) groups is 2. The third kappa shape index (κ3) is 1.84. The predicted octanol–water partition coefficient (Wildman–Crippen LogP) is 1.00. The second-order valence-electron chi connectivity index (χ2n) is 4.23. The molecule has 1 fully saturated rings. The molecule has 5 heteroatoms. The number of hydrogen-bond donors (Lipinski definition) is 1. The van der Waals surface area contributed by atoms with Crippen LogP contribution < -0.4 is 5.32 Å². The van der Waals surface area contributed by atoms with Crippen molar-refractivity contribution in [2.75, 3.05) is 19.6 Å². The average molecular weight is 244 g/mol. The lowest BCUT2D eigenvalue weighted by Crippen LogP contribution is -2.49. The van der Waals surface area contributed by atoms with Gasteiger partial charge in [-0.15, -0.1) is 0 Å². The van der Waals surface area contributed by atoms with E-state index in [2.05, 4.69) is 5.32 Å². The number of piperazine rings is 1. The fourth-order valence-electron chi connectivity index (χ4n) is 2.06. The Morgan fingerprint density at radius 3 is 2.94 bits per heavy atom. The van der Waals surface area contributed by atoms with E-state index >= 15 is 0 Å². The quantitative estimate of drug-likeness (QED) is 0.814. The topological polar surface area (TPSA) is 62.6 Å². The van der Waals surface area contributed by atoms with E-state index in [1.165, 1.54) is 4.90 Å². The molecule has 3 rings (SSSR count). The first-order valence-corrected chi connectivity index (χ1v) is 5.78. The summed E-state index contributed by atoms with van der Waals surface area (Å²) < 4.78 is 5.50.